The minimum atomic E-state index is 0.263. The molecule has 1 aliphatic heterocycles. The van der Waals surface area contributed by atoms with Gasteiger partial charge in [0, 0.05) is 50.8 Å². The molecule has 2 aromatic rings. The number of guanidine groups is 1. The SMILES string of the molecule is CCNC(=NCCCc1nnc2ccccn12)NC1CCN(C(=O)C2CCCC2)C1. The summed E-state index contributed by atoms with van der Waals surface area (Å²) >= 11 is 0. The Morgan fingerprint density at radius 2 is 2.10 bits per heavy atom. The predicted molar refractivity (Wildman–Crippen MR) is 117 cm³/mol. The summed E-state index contributed by atoms with van der Waals surface area (Å²) in [5.41, 5.74) is 0.879. The second kappa shape index (κ2) is 9.91. The fraction of sp³-hybridized carbons (Fsp3) is 0.636. The molecule has 2 aliphatic rings. The molecule has 2 aromatic heterocycles. The van der Waals surface area contributed by atoms with Gasteiger partial charge in [-0.2, -0.15) is 0 Å². The molecular weight excluding hydrogens is 378 g/mol. The summed E-state index contributed by atoms with van der Waals surface area (Å²) in [6, 6.07) is 6.20. The average molecular weight is 412 g/mol. The Labute approximate surface area is 178 Å². The number of pyridine rings is 1. The number of carbonyl (C=O) groups excluding carboxylic acids is 1. The van der Waals surface area contributed by atoms with Crippen molar-refractivity contribution in [3.05, 3.63) is 30.2 Å². The molecule has 4 rings (SSSR count). The van der Waals surface area contributed by atoms with Crippen LogP contribution in [0.1, 0.15) is 51.3 Å². The first kappa shape index (κ1) is 20.6. The highest BCUT2D eigenvalue weighted by molar-refractivity contribution is 5.81. The summed E-state index contributed by atoms with van der Waals surface area (Å²) in [6.45, 7) is 5.24. The zero-order valence-electron chi connectivity index (χ0n) is 17.9. The first-order valence-corrected chi connectivity index (χ1v) is 11.4. The lowest BCUT2D eigenvalue weighted by Crippen LogP contribution is -2.45. The second-order valence-electron chi connectivity index (χ2n) is 8.30. The standard InChI is InChI=1S/C22H33N7O/c1-2-23-22(24-13-7-11-20-27-26-19-10-5-6-14-29(19)20)25-18-12-15-28(16-18)21(30)17-8-3-4-9-17/h5-6,10,14,17-18H,2-4,7-9,11-13,15-16H2,1H3,(H2,23,24,25). The number of fused-ring (bicyclic) bond motifs is 1. The molecule has 2 N–H and O–H groups in total. The molecule has 1 saturated heterocycles. The summed E-state index contributed by atoms with van der Waals surface area (Å²) in [5.74, 6) is 2.43. The minimum Gasteiger partial charge on any atom is -0.357 e. The van der Waals surface area contributed by atoms with Crippen molar-refractivity contribution < 1.29 is 4.79 Å². The third-order valence-corrected chi connectivity index (χ3v) is 6.10. The van der Waals surface area contributed by atoms with Gasteiger partial charge in [0.2, 0.25) is 5.91 Å². The van der Waals surface area contributed by atoms with E-state index < -0.39 is 0 Å². The van der Waals surface area contributed by atoms with Crippen LogP contribution in [-0.4, -0.2) is 63.6 Å². The predicted octanol–water partition coefficient (Wildman–Crippen LogP) is 2.01. The van der Waals surface area contributed by atoms with E-state index >= 15 is 0 Å². The molecule has 8 heteroatoms. The fourth-order valence-electron chi connectivity index (χ4n) is 4.51. The highest BCUT2D eigenvalue weighted by Gasteiger charge is 2.32. The van der Waals surface area contributed by atoms with Crippen LogP contribution in [-0.2, 0) is 11.2 Å². The van der Waals surface area contributed by atoms with E-state index in [0.29, 0.717) is 12.5 Å². The molecule has 1 aliphatic carbocycles. The topological polar surface area (TPSA) is 86.9 Å². The number of amides is 1. The van der Waals surface area contributed by atoms with Gasteiger partial charge in [0.05, 0.1) is 0 Å². The molecule has 8 nitrogen and oxygen atoms in total. The molecule has 0 radical (unpaired) electrons. The van der Waals surface area contributed by atoms with Crippen LogP contribution in [0.3, 0.4) is 0 Å². The highest BCUT2D eigenvalue weighted by atomic mass is 16.2. The van der Waals surface area contributed by atoms with E-state index in [1.807, 2.05) is 33.7 Å². The van der Waals surface area contributed by atoms with Crippen LogP contribution in [0, 0.1) is 5.92 Å². The number of aryl methyl sites for hydroxylation is 1. The van der Waals surface area contributed by atoms with Gasteiger partial charge in [0.25, 0.3) is 0 Å². The molecular formula is C22H33N7O. The number of aromatic nitrogens is 3. The Bertz CT molecular complexity index is 871. The molecule has 0 spiro atoms. The van der Waals surface area contributed by atoms with Gasteiger partial charge in [-0.25, -0.2) is 0 Å². The maximum absolute atomic E-state index is 12.7. The van der Waals surface area contributed by atoms with Crippen LogP contribution in [0.15, 0.2) is 29.4 Å². The van der Waals surface area contributed by atoms with Gasteiger partial charge in [-0.15, -0.1) is 10.2 Å². The monoisotopic (exact) mass is 411 g/mol. The lowest BCUT2D eigenvalue weighted by Gasteiger charge is -2.21. The molecule has 1 atom stereocenters. The van der Waals surface area contributed by atoms with E-state index in [9.17, 15) is 4.79 Å². The zero-order chi connectivity index (χ0) is 20.8. The molecule has 1 unspecified atom stereocenters. The van der Waals surface area contributed by atoms with Gasteiger partial charge >= 0.3 is 0 Å². The number of hydrogen-bond acceptors (Lipinski definition) is 4. The van der Waals surface area contributed by atoms with E-state index in [-0.39, 0.29) is 12.0 Å². The normalized spacial score (nSPS) is 20.2. The maximum atomic E-state index is 12.7. The van der Waals surface area contributed by atoms with Gasteiger partial charge in [-0.1, -0.05) is 18.9 Å². The van der Waals surface area contributed by atoms with Crippen LogP contribution in [0.4, 0.5) is 0 Å². The maximum Gasteiger partial charge on any atom is 0.225 e. The fourth-order valence-corrected chi connectivity index (χ4v) is 4.51. The molecule has 30 heavy (non-hydrogen) atoms. The first-order chi connectivity index (χ1) is 14.7. The van der Waals surface area contributed by atoms with Gasteiger partial charge in [-0.05, 0) is 44.7 Å². The van der Waals surface area contributed by atoms with Gasteiger partial charge in [-0.3, -0.25) is 14.2 Å². The van der Waals surface area contributed by atoms with Crippen molar-refractivity contribution in [3.63, 3.8) is 0 Å². The zero-order valence-corrected chi connectivity index (χ0v) is 17.9. The second-order valence-corrected chi connectivity index (χ2v) is 8.30. The minimum absolute atomic E-state index is 0.263. The van der Waals surface area contributed by atoms with Crippen LogP contribution in [0.2, 0.25) is 0 Å². The van der Waals surface area contributed by atoms with E-state index in [1.54, 1.807) is 0 Å². The van der Waals surface area contributed by atoms with Crippen molar-refractivity contribution in [2.24, 2.45) is 10.9 Å². The van der Waals surface area contributed by atoms with Crippen molar-refractivity contribution in [2.75, 3.05) is 26.2 Å². The average Bonchev–Trinajstić information content (AvgIpc) is 3.52. The van der Waals surface area contributed by atoms with Crippen molar-refractivity contribution >= 4 is 17.5 Å². The third kappa shape index (κ3) is 4.91. The molecule has 162 valence electrons. The summed E-state index contributed by atoms with van der Waals surface area (Å²) < 4.78 is 2.03. The lowest BCUT2D eigenvalue weighted by molar-refractivity contribution is -0.134. The molecule has 0 bridgehead atoms. The number of carbonyl (C=O) groups is 1. The van der Waals surface area contributed by atoms with E-state index in [0.717, 1.165) is 69.2 Å². The van der Waals surface area contributed by atoms with Crippen LogP contribution >= 0.6 is 0 Å². The Morgan fingerprint density at radius 3 is 2.93 bits per heavy atom. The van der Waals surface area contributed by atoms with E-state index in [4.69, 9.17) is 4.99 Å². The lowest BCUT2D eigenvalue weighted by atomic mass is 10.1. The summed E-state index contributed by atoms with van der Waals surface area (Å²) in [6.07, 6.45) is 9.26. The quantitative estimate of drug-likeness (QED) is 0.413. The molecule has 1 saturated carbocycles. The Balaban J connectivity index is 1.26. The van der Waals surface area contributed by atoms with Crippen molar-refractivity contribution in [1.82, 2.24) is 30.1 Å². The number of likely N-dealkylation sites (tertiary alicyclic amines) is 1. The van der Waals surface area contributed by atoms with E-state index in [1.165, 1.54) is 12.8 Å². The third-order valence-electron chi connectivity index (χ3n) is 6.10. The Morgan fingerprint density at radius 1 is 1.23 bits per heavy atom. The number of nitrogens with zero attached hydrogens (tertiary/aromatic N) is 5. The summed E-state index contributed by atoms with van der Waals surface area (Å²) in [7, 11) is 0. The Kier molecular flexibility index (Phi) is 6.81. The van der Waals surface area contributed by atoms with Crippen LogP contribution < -0.4 is 10.6 Å². The van der Waals surface area contributed by atoms with E-state index in [2.05, 4.69) is 27.8 Å². The molecule has 1 amide bonds. The number of hydrogen-bond donors (Lipinski definition) is 2. The smallest absolute Gasteiger partial charge is 0.225 e. The molecule has 2 fully saturated rings. The van der Waals surface area contributed by atoms with Gasteiger partial charge < -0.3 is 15.5 Å². The van der Waals surface area contributed by atoms with Gasteiger partial charge in [0.15, 0.2) is 11.6 Å². The van der Waals surface area contributed by atoms with Crippen LogP contribution in [0.5, 0.6) is 0 Å². The first-order valence-electron chi connectivity index (χ1n) is 11.4. The van der Waals surface area contributed by atoms with Crippen molar-refractivity contribution in [3.8, 4) is 0 Å². The number of aliphatic imine (C=N–C) groups is 1. The summed E-state index contributed by atoms with van der Waals surface area (Å²) in [5, 5.41) is 15.3. The largest absolute Gasteiger partial charge is 0.357 e. The van der Waals surface area contributed by atoms with Crippen molar-refractivity contribution in [2.45, 2.75) is 57.9 Å². The number of nitrogens with one attached hydrogen (secondary N) is 2. The van der Waals surface area contributed by atoms with Crippen LogP contribution in [0.25, 0.3) is 5.65 Å². The van der Waals surface area contributed by atoms with Crippen molar-refractivity contribution in [1.29, 1.82) is 0 Å². The molecule has 3 heterocycles. The van der Waals surface area contributed by atoms with Gasteiger partial charge in [0.1, 0.15) is 5.82 Å². The Hall–Kier alpha value is -2.64. The highest BCUT2D eigenvalue weighted by Crippen LogP contribution is 2.27. The molecule has 0 aromatic carbocycles. The summed E-state index contributed by atoms with van der Waals surface area (Å²) in [4.78, 5) is 19.4. The number of rotatable bonds is 7.